The molecule has 0 saturated heterocycles. The van der Waals surface area contributed by atoms with E-state index in [4.69, 9.17) is 0 Å². The van der Waals surface area contributed by atoms with Crippen molar-refractivity contribution in [1.82, 2.24) is 20.0 Å². The van der Waals surface area contributed by atoms with Crippen LogP contribution in [0.4, 0.5) is 11.5 Å². The number of amides is 2. The summed E-state index contributed by atoms with van der Waals surface area (Å²) in [5.74, 6) is 0.629. The van der Waals surface area contributed by atoms with Gasteiger partial charge in [-0.15, -0.1) is 0 Å². The largest absolute Gasteiger partial charge is 0.350 e. The van der Waals surface area contributed by atoms with Crippen molar-refractivity contribution in [2.75, 3.05) is 42.1 Å². The molecule has 2 amide bonds. The first kappa shape index (κ1) is 29.6. The van der Waals surface area contributed by atoms with E-state index in [-0.39, 0.29) is 18.4 Å². The predicted octanol–water partition coefficient (Wildman–Crippen LogP) is 3.46. The maximum Gasteiger partial charge on any atom is 0.251 e. The van der Waals surface area contributed by atoms with Gasteiger partial charge in [0.1, 0.15) is 5.82 Å². The molecule has 11 heteroatoms. The zero-order valence-corrected chi connectivity index (χ0v) is 23.9. The van der Waals surface area contributed by atoms with Gasteiger partial charge in [0.05, 0.1) is 19.0 Å². The van der Waals surface area contributed by atoms with Gasteiger partial charge in [0.15, 0.2) is 0 Å². The van der Waals surface area contributed by atoms with Crippen molar-refractivity contribution in [2.24, 2.45) is 5.92 Å². The summed E-state index contributed by atoms with van der Waals surface area (Å²) in [6, 6.07) is 7.14. The van der Waals surface area contributed by atoms with Crippen LogP contribution in [0.5, 0.6) is 0 Å². The molecule has 0 atom stereocenters. The van der Waals surface area contributed by atoms with Crippen molar-refractivity contribution in [2.45, 2.75) is 66.0 Å². The van der Waals surface area contributed by atoms with Crippen LogP contribution >= 0.6 is 0 Å². The quantitative estimate of drug-likeness (QED) is 0.524. The lowest BCUT2D eigenvalue weighted by Crippen LogP contribution is -2.34. The molecule has 1 aliphatic heterocycles. The van der Waals surface area contributed by atoms with E-state index in [1.165, 1.54) is 23.7 Å². The molecule has 10 nitrogen and oxygen atoms in total. The van der Waals surface area contributed by atoms with Crippen LogP contribution in [0.15, 0.2) is 30.5 Å². The predicted molar refractivity (Wildman–Crippen MR) is 151 cm³/mol. The molecule has 0 fully saturated rings. The number of rotatable bonds is 8. The van der Waals surface area contributed by atoms with E-state index >= 15 is 0 Å². The molecule has 0 unspecified atom stereocenters. The molecule has 1 aliphatic rings. The molecule has 1 aromatic heterocycles. The first-order chi connectivity index (χ1) is 18.0. The fourth-order valence-electron chi connectivity index (χ4n) is 4.86. The van der Waals surface area contributed by atoms with E-state index in [0.717, 1.165) is 49.9 Å². The molecule has 210 valence electrons. The van der Waals surface area contributed by atoms with E-state index in [2.05, 4.69) is 33.9 Å². The van der Waals surface area contributed by atoms with Gasteiger partial charge in [0, 0.05) is 50.4 Å². The topological polar surface area (TPSA) is 117 Å². The maximum atomic E-state index is 13.1. The van der Waals surface area contributed by atoms with Gasteiger partial charge in [0.2, 0.25) is 15.9 Å². The van der Waals surface area contributed by atoms with Crippen molar-refractivity contribution in [3.8, 4) is 0 Å². The Balaban J connectivity index is 1.79. The number of benzene rings is 1. The molecule has 2 aromatic rings. The number of nitrogens with one attached hydrogen (secondary N) is 2. The highest BCUT2D eigenvalue weighted by Crippen LogP contribution is 2.26. The zero-order chi connectivity index (χ0) is 27.7. The monoisotopic (exact) mass is 546 g/mol. The standard InChI is InChI=1S/C27H42N6O4S/c1-21(2)19-31-15-8-6-5-7-9-16-32(22(3)34)25-11-10-23(18-24(25)20-31)27(35)28-14-17-33-26(12-13-29-33)30-38(4,36)37/h10-13,18,21,30H,5-9,14-17,19-20H2,1-4H3,(H,28,35). The fourth-order valence-corrected chi connectivity index (χ4v) is 5.41. The number of hydrogen-bond acceptors (Lipinski definition) is 6. The van der Waals surface area contributed by atoms with Gasteiger partial charge in [-0.2, -0.15) is 5.10 Å². The summed E-state index contributed by atoms with van der Waals surface area (Å²) in [4.78, 5) is 30.0. The lowest BCUT2D eigenvalue weighted by molar-refractivity contribution is -0.116. The van der Waals surface area contributed by atoms with Gasteiger partial charge in [-0.25, -0.2) is 13.1 Å². The summed E-state index contributed by atoms with van der Waals surface area (Å²) < 4.78 is 27.0. The molecule has 3 rings (SSSR count). The van der Waals surface area contributed by atoms with Gasteiger partial charge in [-0.3, -0.25) is 19.2 Å². The Labute approximate surface area is 226 Å². The van der Waals surface area contributed by atoms with E-state index in [1.807, 2.05) is 17.0 Å². The van der Waals surface area contributed by atoms with Crippen LogP contribution in [-0.4, -0.2) is 67.3 Å². The minimum absolute atomic E-state index is 0.00801. The molecular formula is C27H42N6O4S. The first-order valence-electron chi connectivity index (χ1n) is 13.4. The Bertz CT molecular complexity index is 1190. The summed E-state index contributed by atoms with van der Waals surface area (Å²) in [6.45, 7) is 9.88. The smallest absolute Gasteiger partial charge is 0.251 e. The molecule has 0 spiro atoms. The summed E-state index contributed by atoms with van der Waals surface area (Å²) in [5, 5.41) is 7.04. The Hall–Kier alpha value is -2.92. The Kier molecular flexibility index (Phi) is 10.7. The Morgan fingerprint density at radius 1 is 1.05 bits per heavy atom. The molecule has 2 heterocycles. The number of aromatic nitrogens is 2. The molecule has 0 saturated carbocycles. The van der Waals surface area contributed by atoms with Gasteiger partial charge in [-0.05, 0) is 49.1 Å². The minimum Gasteiger partial charge on any atom is -0.350 e. The molecule has 2 N–H and O–H groups in total. The second-order valence-corrected chi connectivity index (χ2v) is 12.2. The second-order valence-electron chi connectivity index (χ2n) is 10.5. The number of nitrogens with zero attached hydrogens (tertiary/aromatic N) is 4. The second kappa shape index (κ2) is 13.7. The fraction of sp³-hybridized carbons (Fsp3) is 0.593. The molecule has 38 heavy (non-hydrogen) atoms. The van der Waals surface area contributed by atoms with Crippen molar-refractivity contribution in [3.05, 3.63) is 41.6 Å². The van der Waals surface area contributed by atoms with E-state index in [0.29, 0.717) is 36.9 Å². The third-order valence-electron chi connectivity index (χ3n) is 6.50. The molecule has 0 radical (unpaired) electrons. The van der Waals surface area contributed by atoms with Crippen LogP contribution < -0.4 is 14.9 Å². The molecular weight excluding hydrogens is 504 g/mol. The van der Waals surface area contributed by atoms with Crippen LogP contribution in [0.3, 0.4) is 0 Å². The number of carbonyl (C=O) groups is 2. The van der Waals surface area contributed by atoms with Crippen molar-refractivity contribution in [3.63, 3.8) is 0 Å². The van der Waals surface area contributed by atoms with Crippen LogP contribution in [0.1, 0.15) is 68.8 Å². The van der Waals surface area contributed by atoms with Gasteiger partial charge >= 0.3 is 0 Å². The normalized spacial score (nSPS) is 15.9. The summed E-state index contributed by atoms with van der Waals surface area (Å²) in [6.07, 6.45) is 8.14. The highest BCUT2D eigenvalue weighted by molar-refractivity contribution is 7.92. The summed E-state index contributed by atoms with van der Waals surface area (Å²) >= 11 is 0. The van der Waals surface area contributed by atoms with Crippen LogP contribution in [-0.2, 0) is 27.9 Å². The Morgan fingerprint density at radius 2 is 1.76 bits per heavy atom. The Morgan fingerprint density at radius 3 is 2.45 bits per heavy atom. The highest BCUT2D eigenvalue weighted by atomic mass is 32.2. The van der Waals surface area contributed by atoms with Crippen LogP contribution in [0.25, 0.3) is 0 Å². The van der Waals surface area contributed by atoms with Gasteiger partial charge < -0.3 is 10.2 Å². The maximum absolute atomic E-state index is 13.1. The number of fused-ring (bicyclic) bond motifs is 1. The molecule has 1 aromatic carbocycles. The zero-order valence-electron chi connectivity index (χ0n) is 23.1. The SMILES string of the molecule is CC(=O)N1CCCCCCCN(CC(C)C)Cc2cc(C(=O)NCCn3nccc3NS(C)(=O)=O)ccc21. The summed E-state index contributed by atoms with van der Waals surface area (Å²) in [5.41, 5.74) is 2.37. The lowest BCUT2D eigenvalue weighted by Gasteiger charge is -2.30. The first-order valence-corrected chi connectivity index (χ1v) is 15.3. The van der Waals surface area contributed by atoms with E-state index in [9.17, 15) is 18.0 Å². The van der Waals surface area contributed by atoms with Crippen LogP contribution in [0, 0.1) is 5.92 Å². The van der Waals surface area contributed by atoms with Crippen molar-refractivity contribution < 1.29 is 18.0 Å². The number of carbonyl (C=O) groups excluding carboxylic acids is 2. The van der Waals surface area contributed by atoms with E-state index in [1.54, 1.807) is 19.1 Å². The lowest BCUT2D eigenvalue weighted by atomic mass is 10.0. The van der Waals surface area contributed by atoms with Crippen LogP contribution in [0.2, 0.25) is 0 Å². The third-order valence-corrected chi connectivity index (χ3v) is 7.08. The minimum atomic E-state index is -3.43. The van der Waals surface area contributed by atoms with Crippen molar-refractivity contribution in [1.29, 1.82) is 0 Å². The molecule has 0 bridgehead atoms. The average molecular weight is 547 g/mol. The number of hydrogen-bond donors (Lipinski definition) is 2. The number of sulfonamides is 1. The van der Waals surface area contributed by atoms with Gasteiger partial charge in [0.25, 0.3) is 5.91 Å². The summed E-state index contributed by atoms with van der Waals surface area (Å²) in [7, 11) is -3.43. The number of anilines is 2. The highest BCUT2D eigenvalue weighted by Gasteiger charge is 2.20. The van der Waals surface area contributed by atoms with E-state index < -0.39 is 10.0 Å². The van der Waals surface area contributed by atoms with Gasteiger partial charge in [-0.1, -0.05) is 33.1 Å². The van der Waals surface area contributed by atoms with Crippen molar-refractivity contribution >= 4 is 33.3 Å². The molecule has 0 aliphatic carbocycles. The average Bonchev–Trinajstić information content (AvgIpc) is 3.24. The third kappa shape index (κ3) is 9.13.